The summed E-state index contributed by atoms with van der Waals surface area (Å²) < 4.78 is 0. The maximum atomic E-state index is 11.0. The molecule has 1 aliphatic heterocycles. The van der Waals surface area contributed by atoms with E-state index in [2.05, 4.69) is 20.9 Å². The van der Waals surface area contributed by atoms with Crippen LogP contribution in [0.3, 0.4) is 0 Å². The fourth-order valence-corrected chi connectivity index (χ4v) is 3.80. The van der Waals surface area contributed by atoms with Gasteiger partial charge in [-0.3, -0.25) is 9.88 Å². The molecule has 1 N–H and O–H groups in total. The van der Waals surface area contributed by atoms with Crippen LogP contribution in [0, 0.1) is 0 Å². The summed E-state index contributed by atoms with van der Waals surface area (Å²) >= 11 is 6.03. The Hall–Kier alpha value is -2.89. The summed E-state index contributed by atoms with van der Waals surface area (Å²) in [6, 6.07) is 17.1. The molecule has 0 amide bonds. The monoisotopic (exact) mass is 407 g/mol. The fraction of sp³-hybridized carbons (Fsp3) is 0.217. The minimum Gasteiger partial charge on any atom is -0.478 e. The molecule has 0 spiro atoms. The van der Waals surface area contributed by atoms with Crippen molar-refractivity contribution in [2.45, 2.75) is 6.54 Å². The molecule has 0 atom stereocenters. The second-order valence-corrected chi connectivity index (χ2v) is 7.59. The van der Waals surface area contributed by atoms with E-state index in [-0.39, 0.29) is 0 Å². The summed E-state index contributed by atoms with van der Waals surface area (Å²) in [7, 11) is 0. The van der Waals surface area contributed by atoms with Gasteiger partial charge in [0.05, 0.1) is 5.56 Å². The summed E-state index contributed by atoms with van der Waals surface area (Å²) in [5.41, 5.74) is 4.90. The molecule has 148 valence electrons. The molecule has 1 aromatic heterocycles. The molecule has 0 saturated carbocycles. The highest BCUT2D eigenvalue weighted by atomic mass is 35.5. The number of benzene rings is 2. The van der Waals surface area contributed by atoms with E-state index in [1.807, 2.05) is 48.8 Å². The van der Waals surface area contributed by atoms with Gasteiger partial charge in [0.25, 0.3) is 0 Å². The van der Waals surface area contributed by atoms with Crippen LogP contribution in [0.1, 0.15) is 15.9 Å². The molecule has 29 heavy (non-hydrogen) atoms. The standard InChI is InChI=1S/C23H22ClN3O2/c24-20-5-1-17(2-6-20)22-15-25-10-9-19(22)16-26-11-13-27(14-12-26)21-7-3-18(4-8-21)23(28)29/h1-10,15H,11-14,16H2,(H,28,29). The van der Waals surface area contributed by atoms with Crippen molar-refractivity contribution in [3.05, 3.63) is 83.1 Å². The number of aromatic carboxylic acids is 1. The summed E-state index contributed by atoms with van der Waals surface area (Å²) in [4.78, 5) is 20.1. The van der Waals surface area contributed by atoms with Crippen LogP contribution >= 0.6 is 11.6 Å². The molecule has 1 aliphatic rings. The molecule has 2 heterocycles. The highest BCUT2D eigenvalue weighted by Gasteiger charge is 2.19. The van der Waals surface area contributed by atoms with E-state index in [9.17, 15) is 4.79 Å². The number of anilines is 1. The zero-order valence-electron chi connectivity index (χ0n) is 16.0. The van der Waals surface area contributed by atoms with Crippen LogP contribution < -0.4 is 4.90 Å². The summed E-state index contributed by atoms with van der Waals surface area (Å²) in [6.45, 7) is 4.58. The van der Waals surface area contributed by atoms with Gasteiger partial charge in [-0.15, -0.1) is 0 Å². The predicted octanol–water partition coefficient (Wildman–Crippen LogP) is 4.42. The minimum absolute atomic E-state index is 0.319. The first kappa shape index (κ1) is 19.4. The predicted molar refractivity (Wildman–Crippen MR) is 116 cm³/mol. The number of hydrogen-bond acceptors (Lipinski definition) is 4. The normalized spacial score (nSPS) is 14.7. The Morgan fingerprint density at radius 2 is 1.66 bits per heavy atom. The minimum atomic E-state index is -0.893. The maximum Gasteiger partial charge on any atom is 0.335 e. The first-order valence-electron chi connectivity index (χ1n) is 9.59. The molecule has 0 radical (unpaired) electrons. The topological polar surface area (TPSA) is 56.7 Å². The average Bonchev–Trinajstić information content (AvgIpc) is 2.75. The Bertz CT molecular complexity index is 982. The largest absolute Gasteiger partial charge is 0.478 e. The van der Waals surface area contributed by atoms with Gasteiger partial charge in [-0.05, 0) is 53.6 Å². The van der Waals surface area contributed by atoms with E-state index in [1.54, 1.807) is 12.1 Å². The lowest BCUT2D eigenvalue weighted by atomic mass is 10.0. The van der Waals surface area contributed by atoms with E-state index in [1.165, 1.54) is 5.56 Å². The molecule has 0 unspecified atom stereocenters. The van der Waals surface area contributed by atoms with Crippen LogP contribution in [0.4, 0.5) is 5.69 Å². The number of aromatic nitrogens is 1. The Morgan fingerprint density at radius 3 is 2.31 bits per heavy atom. The van der Waals surface area contributed by atoms with E-state index >= 15 is 0 Å². The molecule has 1 saturated heterocycles. The van der Waals surface area contributed by atoms with Gasteiger partial charge in [-0.2, -0.15) is 0 Å². The van der Waals surface area contributed by atoms with Gasteiger partial charge in [-0.25, -0.2) is 4.79 Å². The number of pyridine rings is 1. The van der Waals surface area contributed by atoms with Crippen molar-refractivity contribution in [1.29, 1.82) is 0 Å². The molecule has 5 nitrogen and oxygen atoms in total. The quantitative estimate of drug-likeness (QED) is 0.678. The van der Waals surface area contributed by atoms with Gasteiger partial charge in [0, 0.05) is 61.4 Å². The Morgan fingerprint density at radius 1 is 0.966 bits per heavy atom. The highest BCUT2D eigenvalue weighted by Crippen LogP contribution is 2.26. The number of hydrogen-bond donors (Lipinski definition) is 1. The van der Waals surface area contributed by atoms with Gasteiger partial charge in [0.1, 0.15) is 0 Å². The van der Waals surface area contributed by atoms with Crippen molar-refractivity contribution in [1.82, 2.24) is 9.88 Å². The first-order chi connectivity index (χ1) is 14.1. The van der Waals surface area contributed by atoms with E-state index in [0.29, 0.717) is 5.56 Å². The summed E-state index contributed by atoms with van der Waals surface area (Å²) in [5.74, 6) is -0.893. The third kappa shape index (κ3) is 4.58. The fourth-order valence-electron chi connectivity index (χ4n) is 3.67. The summed E-state index contributed by atoms with van der Waals surface area (Å²) in [6.07, 6.45) is 3.76. The molecule has 3 aromatic rings. The highest BCUT2D eigenvalue weighted by molar-refractivity contribution is 6.30. The number of carboxylic acid groups (broad SMARTS) is 1. The SMILES string of the molecule is O=C(O)c1ccc(N2CCN(Cc3ccncc3-c3ccc(Cl)cc3)CC2)cc1. The molecule has 2 aromatic carbocycles. The Kier molecular flexibility index (Phi) is 5.79. The van der Waals surface area contributed by atoms with Crippen molar-refractivity contribution in [2.24, 2.45) is 0 Å². The van der Waals surface area contributed by atoms with Gasteiger partial charge < -0.3 is 10.0 Å². The molecule has 6 heteroatoms. The van der Waals surface area contributed by atoms with Crippen LogP contribution in [0.15, 0.2) is 67.0 Å². The molecular formula is C23H22ClN3O2. The van der Waals surface area contributed by atoms with Crippen molar-refractivity contribution in [3.8, 4) is 11.1 Å². The Balaban J connectivity index is 1.41. The van der Waals surface area contributed by atoms with Crippen LogP contribution in [0.5, 0.6) is 0 Å². The average molecular weight is 408 g/mol. The van der Waals surface area contributed by atoms with Gasteiger partial charge in [0.2, 0.25) is 0 Å². The van der Waals surface area contributed by atoms with E-state index in [0.717, 1.165) is 54.6 Å². The number of carboxylic acids is 1. The van der Waals surface area contributed by atoms with E-state index < -0.39 is 5.97 Å². The van der Waals surface area contributed by atoms with Crippen LogP contribution in [-0.2, 0) is 6.54 Å². The lowest BCUT2D eigenvalue weighted by Crippen LogP contribution is -2.46. The zero-order valence-corrected chi connectivity index (χ0v) is 16.7. The summed E-state index contributed by atoms with van der Waals surface area (Å²) in [5, 5.41) is 9.78. The number of carbonyl (C=O) groups is 1. The molecule has 0 aliphatic carbocycles. The lowest BCUT2D eigenvalue weighted by molar-refractivity contribution is 0.0697. The number of nitrogens with zero attached hydrogens (tertiary/aromatic N) is 3. The molecule has 4 rings (SSSR count). The van der Waals surface area contributed by atoms with Crippen molar-refractivity contribution >= 4 is 23.3 Å². The number of halogens is 1. The lowest BCUT2D eigenvalue weighted by Gasteiger charge is -2.36. The Labute approximate surface area is 175 Å². The molecule has 0 bridgehead atoms. The smallest absolute Gasteiger partial charge is 0.335 e. The van der Waals surface area contributed by atoms with Gasteiger partial charge in [-0.1, -0.05) is 23.7 Å². The molecule has 1 fully saturated rings. The number of piperazine rings is 1. The second-order valence-electron chi connectivity index (χ2n) is 7.15. The van der Waals surface area contributed by atoms with Crippen molar-refractivity contribution < 1.29 is 9.90 Å². The first-order valence-corrected chi connectivity index (χ1v) is 9.97. The van der Waals surface area contributed by atoms with Gasteiger partial charge >= 0.3 is 5.97 Å². The maximum absolute atomic E-state index is 11.0. The number of rotatable bonds is 5. The second kappa shape index (κ2) is 8.64. The van der Waals surface area contributed by atoms with Crippen LogP contribution in [0.25, 0.3) is 11.1 Å². The third-order valence-corrected chi connectivity index (χ3v) is 5.56. The molecular weight excluding hydrogens is 386 g/mol. The zero-order chi connectivity index (χ0) is 20.2. The van der Waals surface area contributed by atoms with Crippen molar-refractivity contribution in [2.75, 3.05) is 31.1 Å². The van der Waals surface area contributed by atoms with Crippen LogP contribution in [-0.4, -0.2) is 47.1 Å². The van der Waals surface area contributed by atoms with Crippen LogP contribution in [0.2, 0.25) is 5.02 Å². The van der Waals surface area contributed by atoms with Gasteiger partial charge in [0.15, 0.2) is 0 Å². The third-order valence-electron chi connectivity index (χ3n) is 5.31. The van der Waals surface area contributed by atoms with Crippen molar-refractivity contribution in [3.63, 3.8) is 0 Å². The van der Waals surface area contributed by atoms with E-state index in [4.69, 9.17) is 16.7 Å².